The van der Waals surface area contributed by atoms with E-state index in [4.69, 9.17) is 0 Å². The molecule has 0 atom stereocenters. The molecule has 0 aliphatic rings. The van der Waals surface area contributed by atoms with Crippen LogP contribution < -0.4 is 5.32 Å². The molecule has 3 aromatic rings. The molecule has 1 amide bonds. The van der Waals surface area contributed by atoms with Crippen molar-refractivity contribution in [3.63, 3.8) is 0 Å². The van der Waals surface area contributed by atoms with Crippen LogP contribution in [0, 0.1) is 17.0 Å². The monoisotopic (exact) mass is 368 g/mol. The van der Waals surface area contributed by atoms with Crippen molar-refractivity contribution < 1.29 is 14.5 Å². The molecule has 0 unspecified atom stereocenters. The molecule has 1 N–H and O–H groups in total. The van der Waals surface area contributed by atoms with Gasteiger partial charge in [-0.2, -0.15) is 0 Å². The highest BCUT2D eigenvalue weighted by atomic mass is 32.1. The van der Waals surface area contributed by atoms with Crippen molar-refractivity contribution in [2.24, 2.45) is 0 Å². The van der Waals surface area contributed by atoms with E-state index in [0.717, 1.165) is 16.9 Å². The van der Waals surface area contributed by atoms with Crippen LogP contribution in [0.25, 0.3) is 10.6 Å². The maximum Gasteiger partial charge on any atom is 0.298 e. The van der Waals surface area contributed by atoms with Crippen molar-refractivity contribution >= 4 is 33.8 Å². The number of amides is 1. The summed E-state index contributed by atoms with van der Waals surface area (Å²) in [5.41, 5.74) is 1.86. The molecule has 0 spiro atoms. The van der Waals surface area contributed by atoms with Gasteiger partial charge in [0.05, 0.1) is 4.92 Å². The van der Waals surface area contributed by atoms with Crippen LogP contribution in [0.3, 0.4) is 0 Å². The minimum absolute atomic E-state index is 0.0320. The Labute approximate surface area is 151 Å². The summed E-state index contributed by atoms with van der Waals surface area (Å²) < 4.78 is 0. The van der Waals surface area contributed by atoms with Gasteiger partial charge >= 0.3 is 0 Å². The van der Waals surface area contributed by atoms with Crippen molar-refractivity contribution in [3.8, 4) is 10.6 Å². The minimum Gasteiger partial charge on any atom is -0.293 e. The average molecular weight is 368 g/mol. The first-order valence-corrected chi connectivity index (χ1v) is 8.26. The first-order valence-electron chi connectivity index (χ1n) is 7.45. The molecule has 0 radical (unpaired) electrons. The lowest BCUT2D eigenvalue weighted by molar-refractivity contribution is -0.384. The highest BCUT2D eigenvalue weighted by Crippen LogP contribution is 2.27. The molecule has 2 aromatic carbocycles. The van der Waals surface area contributed by atoms with E-state index in [1.165, 1.54) is 12.1 Å². The van der Waals surface area contributed by atoms with Crippen LogP contribution >= 0.6 is 11.3 Å². The van der Waals surface area contributed by atoms with Crippen molar-refractivity contribution in [3.05, 3.63) is 69.8 Å². The van der Waals surface area contributed by atoms with Crippen LogP contribution in [0.2, 0.25) is 0 Å². The zero-order valence-corrected chi connectivity index (χ0v) is 14.3. The lowest BCUT2D eigenvalue weighted by Crippen LogP contribution is -2.22. The lowest BCUT2D eigenvalue weighted by atomic mass is 10.1. The zero-order chi connectivity index (χ0) is 18.7. The largest absolute Gasteiger partial charge is 0.298 e. The number of nitrogens with one attached hydrogen (secondary N) is 1. The number of non-ortho nitro benzene ring substituents is 1. The maximum absolute atomic E-state index is 12.1. The minimum atomic E-state index is -0.805. The predicted molar refractivity (Wildman–Crippen MR) is 96.1 cm³/mol. The summed E-state index contributed by atoms with van der Waals surface area (Å²) in [5, 5.41) is 21.5. The van der Waals surface area contributed by atoms with Crippen LogP contribution in [0.15, 0.2) is 48.5 Å². The van der Waals surface area contributed by atoms with E-state index >= 15 is 0 Å². The van der Waals surface area contributed by atoms with E-state index in [0.29, 0.717) is 10.6 Å². The molecule has 0 saturated carbocycles. The second kappa shape index (κ2) is 7.19. The molecule has 0 aliphatic heterocycles. The average Bonchev–Trinajstić information content (AvgIpc) is 3.10. The summed E-state index contributed by atoms with van der Waals surface area (Å²) in [6.45, 7) is 1.88. The quantitative estimate of drug-likeness (QED) is 0.320. The fraction of sp³-hybridized carbons (Fsp3) is 0.0588. The van der Waals surface area contributed by atoms with Crippen molar-refractivity contribution in [2.75, 3.05) is 5.32 Å². The molecule has 0 aliphatic carbocycles. The Morgan fingerprint density at radius 1 is 1.04 bits per heavy atom. The summed E-state index contributed by atoms with van der Waals surface area (Å²) >= 11 is 1.07. The van der Waals surface area contributed by atoms with Crippen LogP contribution in [0.4, 0.5) is 10.8 Å². The number of hydrogen-bond acceptors (Lipinski definition) is 7. The lowest BCUT2D eigenvalue weighted by Gasteiger charge is -2.01. The van der Waals surface area contributed by atoms with Gasteiger partial charge in [-0.1, -0.05) is 41.2 Å². The zero-order valence-electron chi connectivity index (χ0n) is 13.5. The smallest absolute Gasteiger partial charge is 0.293 e. The third-order valence-electron chi connectivity index (χ3n) is 3.49. The van der Waals surface area contributed by atoms with Gasteiger partial charge in [-0.05, 0) is 19.1 Å². The van der Waals surface area contributed by atoms with Crippen LogP contribution in [-0.2, 0) is 4.79 Å². The predicted octanol–water partition coefficient (Wildman–Crippen LogP) is 3.24. The second-order valence-corrected chi connectivity index (χ2v) is 6.34. The molecule has 26 heavy (non-hydrogen) atoms. The van der Waals surface area contributed by atoms with Crippen molar-refractivity contribution in [1.29, 1.82) is 0 Å². The van der Waals surface area contributed by atoms with Gasteiger partial charge in [0.25, 0.3) is 17.4 Å². The second-order valence-electron chi connectivity index (χ2n) is 5.37. The fourth-order valence-electron chi connectivity index (χ4n) is 2.11. The van der Waals surface area contributed by atoms with Gasteiger partial charge in [-0.15, -0.1) is 10.2 Å². The van der Waals surface area contributed by atoms with Gasteiger partial charge in [-0.3, -0.25) is 25.0 Å². The first-order chi connectivity index (χ1) is 12.4. The highest BCUT2D eigenvalue weighted by molar-refractivity contribution is 7.18. The van der Waals surface area contributed by atoms with Crippen molar-refractivity contribution in [1.82, 2.24) is 10.2 Å². The van der Waals surface area contributed by atoms with Gasteiger partial charge in [-0.25, -0.2) is 0 Å². The van der Waals surface area contributed by atoms with E-state index in [2.05, 4.69) is 15.5 Å². The Kier molecular flexibility index (Phi) is 4.81. The SMILES string of the molecule is Cc1ccc(C(=O)C(=O)Nc2nnc(-c3ccc([N+](=O)[O-])cc3)s2)cc1. The van der Waals surface area contributed by atoms with Crippen molar-refractivity contribution in [2.45, 2.75) is 6.92 Å². The van der Waals surface area contributed by atoms with Gasteiger partial charge in [0.15, 0.2) is 0 Å². The Morgan fingerprint density at radius 2 is 1.69 bits per heavy atom. The number of carbonyl (C=O) groups excluding carboxylic acids is 2. The number of aromatic nitrogens is 2. The normalized spacial score (nSPS) is 10.3. The summed E-state index contributed by atoms with van der Waals surface area (Å²) in [6.07, 6.45) is 0. The van der Waals surface area contributed by atoms with E-state index in [9.17, 15) is 19.7 Å². The number of nitrogens with zero attached hydrogens (tertiary/aromatic N) is 3. The van der Waals surface area contributed by atoms with E-state index in [1.54, 1.807) is 36.4 Å². The number of hydrogen-bond donors (Lipinski definition) is 1. The highest BCUT2D eigenvalue weighted by Gasteiger charge is 2.18. The third-order valence-corrected chi connectivity index (χ3v) is 4.38. The Bertz CT molecular complexity index is 981. The summed E-state index contributed by atoms with van der Waals surface area (Å²) in [6, 6.07) is 12.5. The molecule has 1 aromatic heterocycles. The van der Waals surface area contributed by atoms with Gasteiger partial charge in [0.1, 0.15) is 5.01 Å². The number of rotatable bonds is 5. The van der Waals surface area contributed by atoms with E-state index < -0.39 is 16.6 Å². The van der Waals surface area contributed by atoms with Gasteiger partial charge < -0.3 is 0 Å². The van der Waals surface area contributed by atoms with Crippen LogP contribution in [0.5, 0.6) is 0 Å². The number of nitro benzene ring substituents is 1. The molecule has 9 heteroatoms. The Hall–Kier alpha value is -3.46. The third kappa shape index (κ3) is 3.78. The molecular formula is C17H12N4O4S. The number of Topliss-reactive ketones (excluding diaryl/α,β-unsaturated/α-hetero) is 1. The standard InChI is InChI=1S/C17H12N4O4S/c1-10-2-4-11(5-3-10)14(22)15(23)18-17-20-19-16(26-17)12-6-8-13(9-7-12)21(24)25/h2-9H,1H3,(H,18,20,23). The first kappa shape index (κ1) is 17.4. The molecule has 130 valence electrons. The van der Waals surface area contributed by atoms with Gasteiger partial charge in [0.2, 0.25) is 5.13 Å². The molecule has 8 nitrogen and oxygen atoms in total. The topological polar surface area (TPSA) is 115 Å². The van der Waals surface area contributed by atoms with Crippen LogP contribution in [-0.4, -0.2) is 26.8 Å². The molecule has 0 saturated heterocycles. The summed E-state index contributed by atoms with van der Waals surface area (Å²) in [4.78, 5) is 34.4. The number of aryl methyl sites for hydroxylation is 1. The Balaban J connectivity index is 1.71. The van der Waals surface area contributed by atoms with E-state index in [1.807, 2.05) is 6.92 Å². The Morgan fingerprint density at radius 3 is 2.31 bits per heavy atom. The molecule has 1 heterocycles. The molecule has 0 fully saturated rings. The maximum atomic E-state index is 12.1. The number of benzene rings is 2. The number of anilines is 1. The number of carbonyl (C=O) groups is 2. The summed E-state index contributed by atoms with van der Waals surface area (Å²) in [7, 11) is 0. The molecule has 3 rings (SSSR count). The van der Waals surface area contributed by atoms with Crippen LogP contribution in [0.1, 0.15) is 15.9 Å². The number of ketones is 1. The van der Waals surface area contributed by atoms with Gasteiger partial charge in [0, 0.05) is 23.3 Å². The van der Waals surface area contributed by atoms with E-state index in [-0.39, 0.29) is 16.4 Å². The summed E-state index contributed by atoms with van der Waals surface area (Å²) in [5.74, 6) is -1.47. The fourth-order valence-corrected chi connectivity index (χ4v) is 2.85. The molecular weight excluding hydrogens is 356 g/mol. The number of nitro groups is 1. The molecule has 0 bridgehead atoms.